The summed E-state index contributed by atoms with van der Waals surface area (Å²) < 4.78 is 17.4. The fourth-order valence-corrected chi connectivity index (χ4v) is 4.45. The number of aromatic nitrogens is 1. The monoisotopic (exact) mass is 462 g/mol. The Morgan fingerprint density at radius 2 is 2.12 bits per heavy atom. The third-order valence-corrected chi connectivity index (χ3v) is 6.17. The first-order valence-electron chi connectivity index (χ1n) is 11.3. The molecule has 9 heteroatoms. The topological polar surface area (TPSA) is 93.6 Å². The molecule has 0 spiro atoms. The molecular formula is C25H26N4O5. The lowest BCUT2D eigenvalue weighted by atomic mass is 10.1. The molecule has 1 aromatic heterocycles. The van der Waals surface area contributed by atoms with Crippen LogP contribution in [0.1, 0.15) is 12.0 Å². The summed E-state index contributed by atoms with van der Waals surface area (Å²) in [5.74, 6) is 1.22. The van der Waals surface area contributed by atoms with Gasteiger partial charge in [0.25, 0.3) is 5.91 Å². The van der Waals surface area contributed by atoms with Crippen LogP contribution in [0.15, 0.2) is 47.6 Å². The zero-order chi connectivity index (χ0) is 23.7. The van der Waals surface area contributed by atoms with Gasteiger partial charge in [-0.25, -0.2) is 9.98 Å². The number of methoxy groups -OCH3 is 1. The number of rotatable bonds is 5. The number of likely N-dealkylation sites (tertiary alicyclic amines) is 1. The number of hydrogen-bond donors (Lipinski definition) is 0. The highest BCUT2D eigenvalue weighted by atomic mass is 16.5. The van der Waals surface area contributed by atoms with Crippen LogP contribution in [0, 0.1) is 12.8 Å². The molecule has 34 heavy (non-hydrogen) atoms. The van der Waals surface area contributed by atoms with E-state index in [0.29, 0.717) is 32.1 Å². The molecule has 0 bridgehead atoms. The molecule has 3 aliphatic heterocycles. The fourth-order valence-electron chi connectivity index (χ4n) is 4.45. The summed E-state index contributed by atoms with van der Waals surface area (Å²) in [6.07, 6.45) is 6.76. The van der Waals surface area contributed by atoms with Crippen molar-refractivity contribution < 1.29 is 23.8 Å². The van der Waals surface area contributed by atoms with Crippen LogP contribution in [0.5, 0.6) is 17.4 Å². The number of fused-ring (bicyclic) bond motifs is 1. The van der Waals surface area contributed by atoms with Gasteiger partial charge in [-0.15, -0.1) is 0 Å². The van der Waals surface area contributed by atoms with Gasteiger partial charge >= 0.3 is 0 Å². The standard InChI is InChI=1S/C25H26N4O5/c1-16-11-18(14-27-24(16)32-2)29-9-10-33-22-5-4-19(12-21(22)29)34-20-7-8-28(15-20)25(31)17-3-6-23(30)26-13-17/h3-6,11-14,17,20H,7-10,15H2,1-2H3/t17?,20-/m0/s1. The molecule has 0 radical (unpaired) electrons. The molecule has 1 aromatic carbocycles. The summed E-state index contributed by atoms with van der Waals surface area (Å²) in [6.45, 7) is 4.32. The van der Waals surface area contributed by atoms with Gasteiger partial charge in [0.15, 0.2) is 0 Å². The number of dihydropyridines is 1. The quantitative estimate of drug-likeness (QED) is 0.674. The molecule has 0 saturated carbocycles. The Morgan fingerprint density at radius 1 is 1.24 bits per heavy atom. The van der Waals surface area contributed by atoms with Crippen molar-refractivity contribution in [2.45, 2.75) is 19.4 Å². The molecule has 4 heterocycles. The largest absolute Gasteiger partial charge is 0.490 e. The van der Waals surface area contributed by atoms with E-state index in [1.54, 1.807) is 24.3 Å². The van der Waals surface area contributed by atoms with E-state index < -0.39 is 5.92 Å². The number of ether oxygens (including phenoxy) is 3. The van der Waals surface area contributed by atoms with Crippen molar-refractivity contribution in [1.82, 2.24) is 9.88 Å². The molecule has 0 N–H and O–H groups in total. The van der Waals surface area contributed by atoms with Gasteiger partial charge in [0.05, 0.1) is 43.7 Å². The highest BCUT2D eigenvalue weighted by Gasteiger charge is 2.31. The van der Waals surface area contributed by atoms with Crippen molar-refractivity contribution in [2.24, 2.45) is 10.9 Å². The van der Waals surface area contributed by atoms with Crippen LogP contribution in [0.25, 0.3) is 0 Å². The Labute approximate surface area is 197 Å². The summed E-state index contributed by atoms with van der Waals surface area (Å²) >= 11 is 0. The number of carbonyl (C=O) groups excluding carboxylic acids is 2. The van der Waals surface area contributed by atoms with Gasteiger partial charge in [0, 0.05) is 36.9 Å². The number of amides is 2. The molecule has 176 valence electrons. The van der Waals surface area contributed by atoms with Crippen molar-refractivity contribution in [1.29, 1.82) is 0 Å². The molecule has 2 aromatic rings. The molecule has 1 unspecified atom stereocenters. The Morgan fingerprint density at radius 3 is 2.88 bits per heavy atom. The first-order valence-corrected chi connectivity index (χ1v) is 11.3. The lowest BCUT2D eigenvalue weighted by Crippen LogP contribution is -2.36. The predicted molar refractivity (Wildman–Crippen MR) is 126 cm³/mol. The minimum absolute atomic E-state index is 0.0639. The highest BCUT2D eigenvalue weighted by molar-refractivity contribution is 6.05. The van der Waals surface area contributed by atoms with Crippen LogP contribution in [0.2, 0.25) is 0 Å². The summed E-state index contributed by atoms with van der Waals surface area (Å²) in [6, 6.07) is 7.83. The van der Waals surface area contributed by atoms with Crippen LogP contribution in [-0.2, 0) is 9.59 Å². The van der Waals surface area contributed by atoms with Gasteiger partial charge in [-0.2, -0.15) is 0 Å². The predicted octanol–water partition coefficient (Wildman–Crippen LogP) is 2.69. The Balaban J connectivity index is 1.29. The number of pyridine rings is 1. The van der Waals surface area contributed by atoms with Crippen molar-refractivity contribution in [3.05, 3.63) is 48.2 Å². The number of nitrogens with zero attached hydrogens (tertiary/aromatic N) is 4. The maximum absolute atomic E-state index is 12.7. The number of hydrogen-bond acceptors (Lipinski definition) is 7. The van der Waals surface area contributed by atoms with Gasteiger partial charge in [0.1, 0.15) is 24.2 Å². The zero-order valence-corrected chi connectivity index (χ0v) is 19.1. The number of carbonyl (C=O) groups is 2. The highest BCUT2D eigenvalue weighted by Crippen LogP contribution is 2.40. The van der Waals surface area contributed by atoms with Gasteiger partial charge < -0.3 is 24.0 Å². The van der Waals surface area contributed by atoms with Crippen molar-refractivity contribution in [2.75, 3.05) is 38.3 Å². The second kappa shape index (κ2) is 9.17. The number of benzene rings is 1. The van der Waals surface area contributed by atoms with E-state index in [9.17, 15) is 9.59 Å². The molecule has 5 rings (SSSR count). The van der Waals surface area contributed by atoms with E-state index in [2.05, 4.69) is 14.9 Å². The van der Waals surface area contributed by atoms with Crippen LogP contribution in [-0.4, -0.2) is 67.4 Å². The SMILES string of the molecule is COc1ncc(N2CCOc3ccc(O[C@H]4CCN(C(=O)C5C=CC(=O)N=C5)C4)cc32)cc1C. The van der Waals surface area contributed by atoms with E-state index in [4.69, 9.17) is 14.2 Å². The van der Waals surface area contributed by atoms with Crippen molar-refractivity contribution in [3.8, 4) is 17.4 Å². The van der Waals surface area contributed by atoms with Gasteiger partial charge in [0.2, 0.25) is 11.8 Å². The van der Waals surface area contributed by atoms with Crippen LogP contribution in [0.4, 0.5) is 11.4 Å². The Bertz CT molecular complexity index is 1160. The average molecular weight is 463 g/mol. The van der Waals surface area contributed by atoms with Crippen molar-refractivity contribution >= 4 is 29.4 Å². The average Bonchev–Trinajstić information content (AvgIpc) is 3.32. The molecule has 2 atom stereocenters. The number of anilines is 2. The van der Waals surface area contributed by atoms with Crippen LogP contribution >= 0.6 is 0 Å². The Kier molecular flexibility index (Phi) is 5.91. The minimum atomic E-state index is -0.493. The smallest absolute Gasteiger partial charge is 0.269 e. The molecular weight excluding hydrogens is 436 g/mol. The van der Waals surface area contributed by atoms with Gasteiger partial charge in [-0.05, 0) is 25.1 Å². The van der Waals surface area contributed by atoms with Crippen molar-refractivity contribution in [3.63, 3.8) is 0 Å². The van der Waals surface area contributed by atoms with E-state index >= 15 is 0 Å². The summed E-state index contributed by atoms with van der Waals surface area (Å²) in [4.78, 5) is 36.0. The van der Waals surface area contributed by atoms with Gasteiger partial charge in [-0.3, -0.25) is 9.59 Å². The summed E-state index contributed by atoms with van der Waals surface area (Å²) in [5, 5.41) is 0. The lowest BCUT2D eigenvalue weighted by molar-refractivity contribution is -0.131. The number of aryl methyl sites for hydroxylation is 1. The fraction of sp³-hybridized carbons (Fsp3) is 0.360. The lowest BCUT2D eigenvalue weighted by Gasteiger charge is -2.32. The maximum atomic E-state index is 12.7. The number of aliphatic imine (C=N–C) groups is 1. The van der Waals surface area contributed by atoms with Crippen LogP contribution < -0.4 is 19.1 Å². The molecule has 1 saturated heterocycles. The van der Waals surface area contributed by atoms with E-state index in [-0.39, 0.29) is 17.9 Å². The first-order chi connectivity index (χ1) is 16.5. The van der Waals surface area contributed by atoms with E-state index in [0.717, 1.165) is 34.9 Å². The van der Waals surface area contributed by atoms with Crippen LogP contribution in [0.3, 0.4) is 0 Å². The third kappa shape index (κ3) is 4.33. The second-order valence-electron chi connectivity index (χ2n) is 8.46. The Hall–Kier alpha value is -3.88. The maximum Gasteiger partial charge on any atom is 0.269 e. The zero-order valence-electron chi connectivity index (χ0n) is 19.1. The summed E-state index contributed by atoms with van der Waals surface area (Å²) in [5.41, 5.74) is 2.82. The normalized spacial score (nSPS) is 21.3. The molecule has 1 fully saturated rings. The minimum Gasteiger partial charge on any atom is -0.490 e. The first kappa shape index (κ1) is 21.9. The van der Waals surface area contributed by atoms with Gasteiger partial charge in [-0.1, -0.05) is 6.08 Å². The second-order valence-corrected chi connectivity index (χ2v) is 8.46. The summed E-state index contributed by atoms with van der Waals surface area (Å²) in [7, 11) is 1.61. The molecule has 0 aliphatic carbocycles. The molecule has 9 nitrogen and oxygen atoms in total. The molecule has 3 aliphatic rings. The van der Waals surface area contributed by atoms with E-state index in [1.165, 1.54) is 12.3 Å². The third-order valence-electron chi connectivity index (χ3n) is 6.17. The molecule has 2 amide bonds. The van der Waals surface area contributed by atoms with E-state index in [1.807, 2.05) is 31.2 Å².